The smallest absolute Gasteiger partial charge is 0.305 e. The maximum absolute atomic E-state index is 12.1. The molecule has 1 aromatic rings. The highest BCUT2D eigenvalue weighted by Gasteiger charge is 2.16. The maximum atomic E-state index is 12.1. The van der Waals surface area contributed by atoms with Gasteiger partial charge in [-0.25, -0.2) is 0 Å². The molecule has 19 heavy (non-hydrogen) atoms. The molecule has 0 heterocycles. The molecular formula is C14H17ClO4. The van der Waals surface area contributed by atoms with Crippen molar-refractivity contribution in [2.24, 2.45) is 0 Å². The number of aryl methyl sites for hydroxylation is 1. The molecule has 0 radical (unpaired) electrons. The monoisotopic (exact) mass is 284 g/mol. The van der Waals surface area contributed by atoms with E-state index in [0.717, 1.165) is 5.56 Å². The van der Waals surface area contributed by atoms with Crippen LogP contribution in [0, 0.1) is 6.92 Å². The Balaban J connectivity index is 2.94. The lowest BCUT2D eigenvalue weighted by Gasteiger charge is -2.11. The Kier molecular flexibility index (Phi) is 5.83. The Labute approximate surface area is 117 Å². The lowest BCUT2D eigenvalue weighted by molar-refractivity contribution is -0.140. The molecule has 0 aliphatic rings. The molecule has 0 fully saturated rings. The van der Waals surface area contributed by atoms with Crippen molar-refractivity contribution in [3.63, 3.8) is 0 Å². The van der Waals surface area contributed by atoms with Crippen LogP contribution in [0.3, 0.4) is 0 Å². The summed E-state index contributed by atoms with van der Waals surface area (Å²) >= 11 is 6.02. The maximum Gasteiger partial charge on any atom is 0.305 e. The zero-order valence-electron chi connectivity index (χ0n) is 11.3. The number of halogens is 1. The van der Waals surface area contributed by atoms with Crippen LogP contribution in [0.15, 0.2) is 12.1 Å². The second-order valence-electron chi connectivity index (χ2n) is 4.03. The van der Waals surface area contributed by atoms with Crippen LogP contribution in [0.1, 0.15) is 35.7 Å². The molecular weight excluding hydrogens is 268 g/mol. The first-order chi connectivity index (χ1) is 8.99. The van der Waals surface area contributed by atoms with E-state index in [1.54, 1.807) is 12.1 Å². The Bertz CT molecular complexity index is 483. The topological polar surface area (TPSA) is 52.6 Å². The molecule has 0 saturated heterocycles. The van der Waals surface area contributed by atoms with Gasteiger partial charge in [0.1, 0.15) is 5.75 Å². The predicted molar refractivity (Wildman–Crippen MR) is 72.9 cm³/mol. The number of carbonyl (C=O) groups is 2. The molecule has 0 spiro atoms. The van der Waals surface area contributed by atoms with Gasteiger partial charge in [-0.05, 0) is 31.5 Å². The van der Waals surface area contributed by atoms with Gasteiger partial charge in [-0.3, -0.25) is 9.59 Å². The van der Waals surface area contributed by atoms with Gasteiger partial charge in [-0.1, -0.05) is 11.6 Å². The van der Waals surface area contributed by atoms with Crippen molar-refractivity contribution in [3.8, 4) is 5.75 Å². The van der Waals surface area contributed by atoms with Gasteiger partial charge in [0, 0.05) is 11.4 Å². The normalized spacial score (nSPS) is 10.1. The molecule has 0 atom stereocenters. The van der Waals surface area contributed by atoms with E-state index in [4.69, 9.17) is 16.3 Å². The first-order valence-corrected chi connectivity index (χ1v) is 6.40. The minimum Gasteiger partial charge on any atom is -0.493 e. The number of esters is 1. The average molecular weight is 285 g/mol. The van der Waals surface area contributed by atoms with Crippen molar-refractivity contribution in [1.82, 2.24) is 0 Å². The molecule has 0 aliphatic carbocycles. The van der Waals surface area contributed by atoms with E-state index in [2.05, 4.69) is 4.74 Å². The SMILES string of the molecule is CCOc1cc(C)c(Cl)cc1C(=O)CCC(=O)OC. The predicted octanol–water partition coefficient (Wildman–Crippen LogP) is 3.18. The third kappa shape index (κ3) is 4.24. The quantitative estimate of drug-likeness (QED) is 0.595. The van der Waals surface area contributed by atoms with Crippen molar-refractivity contribution in [3.05, 3.63) is 28.3 Å². The Morgan fingerprint density at radius 1 is 1.26 bits per heavy atom. The zero-order chi connectivity index (χ0) is 14.4. The van der Waals surface area contributed by atoms with Gasteiger partial charge in [0.05, 0.1) is 25.7 Å². The number of rotatable bonds is 6. The fraction of sp³-hybridized carbons (Fsp3) is 0.429. The number of hydrogen-bond donors (Lipinski definition) is 0. The van der Waals surface area contributed by atoms with Gasteiger partial charge in [0.25, 0.3) is 0 Å². The van der Waals surface area contributed by atoms with Crippen molar-refractivity contribution >= 4 is 23.4 Å². The summed E-state index contributed by atoms with van der Waals surface area (Å²) in [6.45, 7) is 4.14. The lowest BCUT2D eigenvalue weighted by atomic mass is 10.0. The van der Waals surface area contributed by atoms with E-state index >= 15 is 0 Å². The molecule has 0 unspecified atom stereocenters. The number of benzene rings is 1. The largest absolute Gasteiger partial charge is 0.493 e. The van der Waals surface area contributed by atoms with Crippen LogP contribution >= 0.6 is 11.6 Å². The van der Waals surface area contributed by atoms with Crippen LogP contribution in [0.25, 0.3) is 0 Å². The molecule has 1 aromatic carbocycles. The van der Waals surface area contributed by atoms with E-state index < -0.39 is 5.97 Å². The van der Waals surface area contributed by atoms with Crippen molar-refractivity contribution < 1.29 is 19.1 Å². The standard InChI is InChI=1S/C14H17ClO4/c1-4-19-13-7-9(2)11(15)8-10(13)12(16)5-6-14(17)18-3/h7-8H,4-6H2,1-3H3. The first-order valence-electron chi connectivity index (χ1n) is 6.02. The van der Waals surface area contributed by atoms with Crippen molar-refractivity contribution in [2.45, 2.75) is 26.7 Å². The lowest BCUT2D eigenvalue weighted by Crippen LogP contribution is -2.08. The molecule has 1 rings (SSSR count). The molecule has 104 valence electrons. The van der Waals surface area contributed by atoms with Crippen LogP contribution in [-0.4, -0.2) is 25.5 Å². The third-order valence-corrected chi connectivity index (χ3v) is 3.05. The molecule has 0 bridgehead atoms. The molecule has 0 aliphatic heterocycles. The summed E-state index contributed by atoms with van der Waals surface area (Å²) in [7, 11) is 1.29. The van der Waals surface area contributed by atoms with Crippen LogP contribution in [0.4, 0.5) is 0 Å². The molecule has 0 saturated carbocycles. The molecule has 0 amide bonds. The van der Waals surface area contributed by atoms with E-state index in [1.807, 2.05) is 13.8 Å². The summed E-state index contributed by atoms with van der Waals surface area (Å²) in [5.74, 6) is -0.0977. The van der Waals surface area contributed by atoms with E-state index in [-0.39, 0.29) is 18.6 Å². The zero-order valence-corrected chi connectivity index (χ0v) is 12.0. The number of methoxy groups -OCH3 is 1. The third-order valence-electron chi connectivity index (χ3n) is 2.64. The second kappa shape index (κ2) is 7.14. The fourth-order valence-electron chi connectivity index (χ4n) is 1.60. The highest BCUT2D eigenvalue weighted by molar-refractivity contribution is 6.31. The summed E-state index contributed by atoms with van der Waals surface area (Å²) < 4.78 is 9.94. The summed E-state index contributed by atoms with van der Waals surface area (Å²) in [6, 6.07) is 3.32. The summed E-state index contributed by atoms with van der Waals surface area (Å²) in [6.07, 6.45) is 0.124. The summed E-state index contributed by atoms with van der Waals surface area (Å²) in [5.41, 5.74) is 1.25. The van der Waals surface area contributed by atoms with E-state index in [9.17, 15) is 9.59 Å². The van der Waals surface area contributed by atoms with Crippen LogP contribution in [-0.2, 0) is 9.53 Å². The number of carbonyl (C=O) groups excluding carboxylic acids is 2. The first kappa shape index (κ1) is 15.5. The van der Waals surface area contributed by atoms with E-state index in [0.29, 0.717) is 22.9 Å². The van der Waals surface area contributed by atoms with Gasteiger partial charge >= 0.3 is 5.97 Å². The highest BCUT2D eigenvalue weighted by Crippen LogP contribution is 2.28. The average Bonchev–Trinajstić information content (AvgIpc) is 2.39. The van der Waals surface area contributed by atoms with Crippen molar-refractivity contribution in [2.75, 3.05) is 13.7 Å². The number of ether oxygens (including phenoxy) is 2. The van der Waals surface area contributed by atoms with Crippen molar-refractivity contribution in [1.29, 1.82) is 0 Å². The number of Topliss-reactive ketones (excluding diaryl/α,β-unsaturated/α-hetero) is 1. The van der Waals surface area contributed by atoms with E-state index in [1.165, 1.54) is 7.11 Å². The van der Waals surface area contributed by atoms with Crippen LogP contribution < -0.4 is 4.74 Å². The number of hydrogen-bond acceptors (Lipinski definition) is 4. The van der Waals surface area contributed by atoms with Gasteiger partial charge in [0.15, 0.2) is 5.78 Å². The Morgan fingerprint density at radius 2 is 1.95 bits per heavy atom. The van der Waals surface area contributed by atoms with Crippen LogP contribution in [0.5, 0.6) is 5.75 Å². The minimum atomic E-state index is -0.412. The van der Waals surface area contributed by atoms with Gasteiger partial charge in [-0.15, -0.1) is 0 Å². The minimum absolute atomic E-state index is 0.0480. The fourth-order valence-corrected chi connectivity index (χ4v) is 1.76. The summed E-state index contributed by atoms with van der Waals surface area (Å²) in [5, 5.41) is 0.505. The molecule has 0 aromatic heterocycles. The Morgan fingerprint density at radius 3 is 2.53 bits per heavy atom. The van der Waals surface area contributed by atoms with Crippen LogP contribution in [0.2, 0.25) is 5.02 Å². The summed E-state index contributed by atoms with van der Waals surface area (Å²) in [4.78, 5) is 23.1. The highest BCUT2D eigenvalue weighted by atomic mass is 35.5. The van der Waals surface area contributed by atoms with Gasteiger partial charge in [-0.2, -0.15) is 0 Å². The molecule has 4 nitrogen and oxygen atoms in total. The number of ketones is 1. The molecule has 5 heteroatoms. The van der Waals surface area contributed by atoms with Gasteiger partial charge < -0.3 is 9.47 Å². The van der Waals surface area contributed by atoms with Gasteiger partial charge in [0.2, 0.25) is 0 Å². The molecule has 0 N–H and O–H groups in total. The Hall–Kier alpha value is -1.55. The second-order valence-corrected chi connectivity index (χ2v) is 4.44.